The summed E-state index contributed by atoms with van der Waals surface area (Å²) in [6.07, 6.45) is 7.30. The van der Waals surface area contributed by atoms with Gasteiger partial charge in [0.05, 0.1) is 0 Å². The van der Waals surface area contributed by atoms with E-state index in [1.807, 2.05) is 0 Å². The molecule has 0 amide bonds. The summed E-state index contributed by atoms with van der Waals surface area (Å²) in [6.45, 7) is 7.05. The van der Waals surface area contributed by atoms with Crippen LogP contribution in [0.4, 0.5) is 17.1 Å². The van der Waals surface area contributed by atoms with E-state index in [9.17, 15) is 0 Å². The van der Waals surface area contributed by atoms with Crippen LogP contribution in [0.25, 0.3) is 44.5 Å². The van der Waals surface area contributed by atoms with Crippen molar-refractivity contribution >= 4 is 17.1 Å². The fraction of sp³-hybridized carbons (Fsp3) is 0.250. The van der Waals surface area contributed by atoms with Gasteiger partial charge in [-0.15, -0.1) is 0 Å². The molecule has 1 heteroatoms. The zero-order chi connectivity index (χ0) is 38.3. The summed E-state index contributed by atoms with van der Waals surface area (Å²) in [6, 6.07) is 61.6. The highest BCUT2D eigenvalue weighted by Gasteiger charge is 2.48. The van der Waals surface area contributed by atoms with Gasteiger partial charge in [-0.05, 0) is 172 Å². The van der Waals surface area contributed by atoms with Gasteiger partial charge in [0.25, 0.3) is 0 Å². The number of aryl methyl sites for hydroxylation is 1. The maximum Gasteiger partial charge on any atom is 0.0465 e. The van der Waals surface area contributed by atoms with Gasteiger partial charge in [0.1, 0.15) is 0 Å². The first-order chi connectivity index (χ1) is 27.9. The minimum atomic E-state index is -0.0781. The number of nitrogens with zero attached hydrogens (tertiary/aromatic N) is 1. The molecule has 5 aliphatic rings. The van der Waals surface area contributed by atoms with Crippen LogP contribution in [0.1, 0.15) is 74.1 Å². The predicted octanol–water partition coefficient (Wildman–Crippen LogP) is 15.3. The molecule has 57 heavy (non-hydrogen) atoms. The summed E-state index contributed by atoms with van der Waals surface area (Å²) in [4.78, 5) is 2.49. The molecular formula is C56H51N. The van der Waals surface area contributed by atoms with Crippen LogP contribution in [-0.4, -0.2) is 0 Å². The van der Waals surface area contributed by atoms with Crippen LogP contribution >= 0.6 is 0 Å². The standard InChI is InChI=1S/C56H51N/c1-36-12-11-19-52-54(36)51-29-28-46(35-53(51)56(52,2)3)57(45-26-22-41(23-27-45)55-42-31-37-30-38(33-42)34-43(55)32-37)44-24-20-40(21-25-44)48-16-8-10-18-50(48)49-17-9-7-15-47(49)39-13-5-4-6-14-39/h4-29,35,37-38,42-43,55H,30-34H2,1-3H3. The molecule has 0 atom stereocenters. The second kappa shape index (κ2) is 13.5. The van der Waals surface area contributed by atoms with Crippen molar-refractivity contribution in [2.45, 2.75) is 64.2 Å². The Morgan fingerprint density at radius 3 is 1.58 bits per heavy atom. The van der Waals surface area contributed by atoms with E-state index < -0.39 is 0 Å². The van der Waals surface area contributed by atoms with Gasteiger partial charge in [-0.2, -0.15) is 0 Å². The lowest BCUT2D eigenvalue weighted by molar-refractivity contribution is -0.00277. The highest BCUT2D eigenvalue weighted by molar-refractivity contribution is 5.92. The van der Waals surface area contributed by atoms with Crippen molar-refractivity contribution < 1.29 is 0 Å². The van der Waals surface area contributed by atoms with E-state index in [0.717, 1.165) is 29.6 Å². The topological polar surface area (TPSA) is 3.24 Å². The lowest BCUT2D eigenvalue weighted by Crippen LogP contribution is -2.43. The van der Waals surface area contributed by atoms with Gasteiger partial charge in [0.2, 0.25) is 0 Å². The zero-order valence-corrected chi connectivity index (χ0v) is 33.5. The highest BCUT2D eigenvalue weighted by Crippen LogP contribution is 2.60. The molecular weight excluding hydrogens is 687 g/mol. The lowest BCUT2D eigenvalue weighted by atomic mass is 9.51. The first kappa shape index (κ1) is 34.6. The van der Waals surface area contributed by atoms with Gasteiger partial charge in [-0.1, -0.05) is 141 Å². The second-order valence-electron chi connectivity index (χ2n) is 18.2. The fourth-order valence-corrected chi connectivity index (χ4v) is 12.2. The van der Waals surface area contributed by atoms with Crippen molar-refractivity contribution in [2.75, 3.05) is 4.90 Å². The van der Waals surface area contributed by atoms with Crippen molar-refractivity contribution in [3.05, 3.63) is 186 Å². The summed E-state index contributed by atoms with van der Waals surface area (Å²) < 4.78 is 0. The summed E-state index contributed by atoms with van der Waals surface area (Å²) in [5.74, 6) is 4.47. The Morgan fingerprint density at radius 1 is 0.439 bits per heavy atom. The number of hydrogen-bond acceptors (Lipinski definition) is 1. The molecule has 7 aromatic carbocycles. The lowest BCUT2D eigenvalue weighted by Gasteiger charge is -2.54. The molecule has 4 fully saturated rings. The van der Waals surface area contributed by atoms with Crippen LogP contribution in [0.3, 0.4) is 0 Å². The molecule has 0 aromatic heterocycles. The van der Waals surface area contributed by atoms with Crippen LogP contribution in [0.5, 0.6) is 0 Å². The molecule has 4 saturated carbocycles. The van der Waals surface area contributed by atoms with Crippen LogP contribution in [0.2, 0.25) is 0 Å². The van der Waals surface area contributed by atoms with E-state index in [1.165, 1.54) is 110 Å². The molecule has 0 radical (unpaired) electrons. The number of fused-ring (bicyclic) bond motifs is 3. The average molecular weight is 738 g/mol. The molecule has 0 spiro atoms. The molecule has 12 rings (SSSR count). The summed E-state index contributed by atoms with van der Waals surface area (Å²) in [5.41, 5.74) is 19.5. The first-order valence-corrected chi connectivity index (χ1v) is 21.4. The Kier molecular flexibility index (Phi) is 8.18. The molecule has 0 unspecified atom stereocenters. The summed E-state index contributed by atoms with van der Waals surface area (Å²) in [7, 11) is 0. The van der Waals surface area contributed by atoms with Crippen molar-refractivity contribution in [1.82, 2.24) is 0 Å². The van der Waals surface area contributed by atoms with Gasteiger partial charge in [0, 0.05) is 22.5 Å². The van der Waals surface area contributed by atoms with E-state index in [-0.39, 0.29) is 5.41 Å². The molecule has 280 valence electrons. The van der Waals surface area contributed by atoms with Crippen LogP contribution < -0.4 is 4.90 Å². The van der Waals surface area contributed by atoms with Gasteiger partial charge in [-0.25, -0.2) is 0 Å². The number of benzene rings is 7. The Balaban J connectivity index is 0.995. The zero-order valence-electron chi connectivity index (χ0n) is 33.5. The van der Waals surface area contributed by atoms with E-state index in [4.69, 9.17) is 0 Å². The maximum absolute atomic E-state index is 2.49. The number of anilines is 3. The van der Waals surface area contributed by atoms with Crippen molar-refractivity contribution in [3.63, 3.8) is 0 Å². The number of hydrogen-bond donors (Lipinski definition) is 0. The third-order valence-electron chi connectivity index (χ3n) is 14.6. The summed E-state index contributed by atoms with van der Waals surface area (Å²) >= 11 is 0. The van der Waals surface area contributed by atoms with Gasteiger partial charge >= 0.3 is 0 Å². The molecule has 7 aromatic rings. The highest BCUT2D eigenvalue weighted by atomic mass is 15.1. The van der Waals surface area contributed by atoms with E-state index >= 15 is 0 Å². The van der Waals surface area contributed by atoms with E-state index in [2.05, 4.69) is 189 Å². The third kappa shape index (κ3) is 5.73. The smallest absolute Gasteiger partial charge is 0.0465 e. The SMILES string of the molecule is Cc1cccc2c1-c1ccc(N(c3ccc(-c4ccccc4-c4ccccc4-c4ccccc4)cc3)c3ccc(C4C5CC6CC(C5)CC4C6)cc3)cc1C2(C)C. The molecule has 0 aliphatic heterocycles. The van der Waals surface area contributed by atoms with Gasteiger partial charge < -0.3 is 4.90 Å². The largest absolute Gasteiger partial charge is 0.310 e. The molecule has 5 aliphatic carbocycles. The Hall–Kier alpha value is -5.66. The minimum Gasteiger partial charge on any atom is -0.310 e. The fourth-order valence-electron chi connectivity index (χ4n) is 12.2. The van der Waals surface area contributed by atoms with Crippen molar-refractivity contribution in [2.24, 2.45) is 23.7 Å². The predicted molar refractivity (Wildman–Crippen MR) is 240 cm³/mol. The Labute approximate surface area is 339 Å². The maximum atomic E-state index is 2.49. The monoisotopic (exact) mass is 737 g/mol. The molecule has 4 bridgehead atoms. The Bertz CT molecular complexity index is 2580. The Morgan fingerprint density at radius 2 is 0.965 bits per heavy atom. The van der Waals surface area contributed by atoms with Crippen LogP contribution in [0.15, 0.2) is 164 Å². The normalized spacial score (nSPS) is 22.3. The molecule has 1 nitrogen and oxygen atoms in total. The van der Waals surface area contributed by atoms with Crippen molar-refractivity contribution in [3.8, 4) is 44.5 Å². The quantitative estimate of drug-likeness (QED) is 0.157. The van der Waals surface area contributed by atoms with E-state index in [0.29, 0.717) is 0 Å². The van der Waals surface area contributed by atoms with Crippen molar-refractivity contribution in [1.29, 1.82) is 0 Å². The summed E-state index contributed by atoms with van der Waals surface area (Å²) in [5, 5.41) is 0. The van der Waals surface area contributed by atoms with Crippen LogP contribution in [0, 0.1) is 30.6 Å². The second-order valence-corrected chi connectivity index (χ2v) is 18.2. The van der Waals surface area contributed by atoms with Gasteiger partial charge in [0.15, 0.2) is 0 Å². The van der Waals surface area contributed by atoms with E-state index in [1.54, 1.807) is 5.56 Å². The number of rotatable bonds is 7. The average Bonchev–Trinajstić information content (AvgIpc) is 3.48. The van der Waals surface area contributed by atoms with Gasteiger partial charge in [-0.3, -0.25) is 0 Å². The minimum absolute atomic E-state index is 0.0781. The molecule has 0 heterocycles. The molecule has 0 saturated heterocycles. The third-order valence-corrected chi connectivity index (χ3v) is 14.6. The first-order valence-electron chi connectivity index (χ1n) is 21.4. The molecule has 0 N–H and O–H groups in total. The van der Waals surface area contributed by atoms with Crippen LogP contribution in [-0.2, 0) is 5.41 Å².